The molecular formula is C15H19N5O2S. The van der Waals surface area contributed by atoms with E-state index in [9.17, 15) is 9.59 Å². The predicted molar refractivity (Wildman–Crippen MR) is 88.2 cm³/mol. The van der Waals surface area contributed by atoms with Crippen LogP contribution in [-0.2, 0) is 0 Å². The highest BCUT2D eigenvalue weighted by molar-refractivity contribution is 7.20. The first-order valence-electron chi connectivity index (χ1n) is 8.06. The SMILES string of the molecule is C[C@H]1CCCN(c2nn3c(=O)c(C(=O)NC4CC4)cnc3s2)C1. The maximum Gasteiger partial charge on any atom is 0.288 e. The van der Waals surface area contributed by atoms with Crippen molar-refractivity contribution < 1.29 is 4.79 Å². The van der Waals surface area contributed by atoms with E-state index in [4.69, 9.17) is 0 Å². The molecule has 2 aromatic heterocycles. The van der Waals surface area contributed by atoms with E-state index in [-0.39, 0.29) is 23.1 Å². The summed E-state index contributed by atoms with van der Waals surface area (Å²) in [4.78, 5) is 31.6. The summed E-state index contributed by atoms with van der Waals surface area (Å²) in [6.45, 7) is 4.13. The molecule has 1 aliphatic carbocycles. The smallest absolute Gasteiger partial charge is 0.288 e. The number of carbonyl (C=O) groups excluding carboxylic acids is 1. The normalized spacial score (nSPS) is 21.6. The van der Waals surface area contributed by atoms with Crippen molar-refractivity contribution in [1.82, 2.24) is 19.9 Å². The van der Waals surface area contributed by atoms with Crippen LogP contribution in [0.15, 0.2) is 11.0 Å². The van der Waals surface area contributed by atoms with E-state index in [0.717, 1.165) is 37.5 Å². The number of rotatable bonds is 3. The second-order valence-corrected chi connectivity index (χ2v) is 7.43. The number of fused-ring (bicyclic) bond motifs is 1. The van der Waals surface area contributed by atoms with E-state index in [1.165, 1.54) is 28.5 Å². The van der Waals surface area contributed by atoms with Crippen LogP contribution in [-0.4, -0.2) is 39.6 Å². The summed E-state index contributed by atoms with van der Waals surface area (Å²) in [6, 6.07) is 0.212. The lowest BCUT2D eigenvalue weighted by Crippen LogP contribution is -2.35. The molecule has 0 radical (unpaired) electrons. The molecule has 3 heterocycles. The van der Waals surface area contributed by atoms with Gasteiger partial charge < -0.3 is 10.2 Å². The van der Waals surface area contributed by atoms with Crippen molar-refractivity contribution in [2.24, 2.45) is 5.92 Å². The fourth-order valence-electron chi connectivity index (χ4n) is 2.91. The van der Waals surface area contributed by atoms with Crippen molar-refractivity contribution >= 4 is 27.3 Å². The third-order valence-corrected chi connectivity index (χ3v) is 5.34. The lowest BCUT2D eigenvalue weighted by Gasteiger charge is -2.30. The number of nitrogens with one attached hydrogen (secondary N) is 1. The predicted octanol–water partition coefficient (Wildman–Crippen LogP) is 1.28. The summed E-state index contributed by atoms with van der Waals surface area (Å²) in [5.41, 5.74) is -0.320. The molecule has 2 fully saturated rings. The van der Waals surface area contributed by atoms with Crippen molar-refractivity contribution in [3.8, 4) is 0 Å². The number of hydrogen-bond donors (Lipinski definition) is 1. The van der Waals surface area contributed by atoms with Crippen LogP contribution in [0.3, 0.4) is 0 Å². The van der Waals surface area contributed by atoms with Crippen molar-refractivity contribution in [2.75, 3.05) is 18.0 Å². The van der Waals surface area contributed by atoms with Crippen LogP contribution >= 0.6 is 11.3 Å². The van der Waals surface area contributed by atoms with Crippen LogP contribution in [0.2, 0.25) is 0 Å². The first-order valence-corrected chi connectivity index (χ1v) is 8.88. The highest BCUT2D eigenvalue weighted by Gasteiger charge is 2.26. The van der Waals surface area contributed by atoms with Crippen molar-refractivity contribution in [1.29, 1.82) is 0 Å². The maximum atomic E-state index is 12.5. The lowest BCUT2D eigenvalue weighted by molar-refractivity contribution is 0.0949. The number of nitrogens with zero attached hydrogens (tertiary/aromatic N) is 4. The monoisotopic (exact) mass is 333 g/mol. The van der Waals surface area contributed by atoms with Crippen LogP contribution in [0.4, 0.5) is 5.13 Å². The lowest BCUT2D eigenvalue weighted by atomic mass is 10.0. The van der Waals surface area contributed by atoms with E-state index >= 15 is 0 Å². The fraction of sp³-hybridized carbons (Fsp3) is 0.600. The third-order valence-electron chi connectivity index (χ3n) is 4.36. The molecule has 0 aromatic carbocycles. The molecule has 0 spiro atoms. The highest BCUT2D eigenvalue weighted by Crippen LogP contribution is 2.26. The second kappa shape index (κ2) is 5.59. The molecule has 1 saturated carbocycles. The van der Waals surface area contributed by atoms with E-state index in [0.29, 0.717) is 10.9 Å². The molecule has 7 nitrogen and oxygen atoms in total. The first kappa shape index (κ1) is 14.6. The van der Waals surface area contributed by atoms with Gasteiger partial charge in [0.25, 0.3) is 11.5 Å². The minimum atomic E-state index is -0.388. The number of hydrogen-bond acceptors (Lipinski definition) is 6. The fourth-order valence-corrected chi connectivity index (χ4v) is 3.81. The Labute approximate surface area is 137 Å². The zero-order chi connectivity index (χ0) is 16.0. The summed E-state index contributed by atoms with van der Waals surface area (Å²) >= 11 is 1.40. The molecule has 23 heavy (non-hydrogen) atoms. The largest absolute Gasteiger partial charge is 0.349 e. The number of anilines is 1. The highest BCUT2D eigenvalue weighted by atomic mass is 32.1. The molecule has 1 N–H and O–H groups in total. The molecule has 122 valence electrons. The van der Waals surface area contributed by atoms with Crippen LogP contribution < -0.4 is 15.8 Å². The molecule has 1 aliphatic heterocycles. The number of piperidine rings is 1. The average Bonchev–Trinajstić information content (AvgIpc) is 3.22. The van der Waals surface area contributed by atoms with E-state index in [1.54, 1.807) is 0 Å². The molecule has 8 heteroatoms. The van der Waals surface area contributed by atoms with Gasteiger partial charge in [0.1, 0.15) is 5.56 Å². The quantitative estimate of drug-likeness (QED) is 0.915. The van der Waals surface area contributed by atoms with Gasteiger partial charge in [0.2, 0.25) is 10.1 Å². The van der Waals surface area contributed by atoms with E-state index in [1.807, 2.05) is 0 Å². The molecule has 2 aliphatic rings. The van der Waals surface area contributed by atoms with Gasteiger partial charge in [0.15, 0.2) is 0 Å². The Balaban J connectivity index is 1.66. The van der Waals surface area contributed by atoms with Gasteiger partial charge in [-0.05, 0) is 31.6 Å². The Morgan fingerprint density at radius 3 is 2.96 bits per heavy atom. The number of aromatic nitrogens is 3. The van der Waals surface area contributed by atoms with Gasteiger partial charge in [-0.1, -0.05) is 18.3 Å². The van der Waals surface area contributed by atoms with Crippen molar-refractivity contribution in [3.05, 3.63) is 22.1 Å². The van der Waals surface area contributed by atoms with Gasteiger partial charge in [0, 0.05) is 25.3 Å². The molecule has 0 bridgehead atoms. The first-order chi connectivity index (χ1) is 11.1. The van der Waals surface area contributed by atoms with Crippen LogP contribution in [0, 0.1) is 5.92 Å². The summed E-state index contributed by atoms with van der Waals surface area (Å²) in [7, 11) is 0. The van der Waals surface area contributed by atoms with Gasteiger partial charge in [-0.15, -0.1) is 5.10 Å². The number of amides is 1. The summed E-state index contributed by atoms with van der Waals surface area (Å²) in [6.07, 6.45) is 5.70. The Kier molecular flexibility index (Phi) is 3.56. The van der Waals surface area contributed by atoms with Crippen molar-refractivity contribution in [2.45, 2.75) is 38.6 Å². The third kappa shape index (κ3) is 2.83. The second-order valence-electron chi connectivity index (χ2n) is 6.50. The molecule has 2 aromatic rings. The molecule has 1 amide bonds. The van der Waals surface area contributed by atoms with Gasteiger partial charge in [-0.25, -0.2) is 4.98 Å². The van der Waals surface area contributed by atoms with Crippen molar-refractivity contribution in [3.63, 3.8) is 0 Å². The average molecular weight is 333 g/mol. The topological polar surface area (TPSA) is 79.6 Å². The standard InChI is InChI=1S/C15H19N5O2S/c1-9-3-2-6-19(8-9)15-18-20-13(22)11(7-16-14(20)23-15)12(21)17-10-4-5-10/h7,9-10H,2-6,8H2,1H3,(H,17,21)/t9-/m0/s1. The van der Waals surface area contributed by atoms with Gasteiger partial charge in [0.05, 0.1) is 0 Å². The number of carbonyl (C=O) groups is 1. The van der Waals surface area contributed by atoms with E-state index in [2.05, 4.69) is 27.2 Å². The Hall–Kier alpha value is -1.96. The zero-order valence-electron chi connectivity index (χ0n) is 13.0. The van der Waals surface area contributed by atoms with Gasteiger partial charge in [-0.2, -0.15) is 4.52 Å². The zero-order valence-corrected chi connectivity index (χ0v) is 13.8. The van der Waals surface area contributed by atoms with Crippen LogP contribution in [0.1, 0.15) is 43.0 Å². The molecule has 1 atom stereocenters. The van der Waals surface area contributed by atoms with Crippen LogP contribution in [0.5, 0.6) is 0 Å². The van der Waals surface area contributed by atoms with Gasteiger partial charge in [-0.3, -0.25) is 9.59 Å². The van der Waals surface area contributed by atoms with Gasteiger partial charge >= 0.3 is 0 Å². The minimum absolute atomic E-state index is 0.0678. The molecular weight excluding hydrogens is 314 g/mol. The molecule has 4 rings (SSSR count). The summed E-state index contributed by atoms with van der Waals surface area (Å²) in [5, 5.41) is 8.05. The Morgan fingerprint density at radius 1 is 1.39 bits per heavy atom. The maximum absolute atomic E-state index is 12.5. The summed E-state index contributed by atoms with van der Waals surface area (Å²) in [5.74, 6) is 0.279. The van der Waals surface area contributed by atoms with Crippen LogP contribution in [0.25, 0.3) is 4.96 Å². The summed E-state index contributed by atoms with van der Waals surface area (Å²) < 4.78 is 1.26. The minimum Gasteiger partial charge on any atom is -0.349 e. The molecule has 1 saturated heterocycles. The van der Waals surface area contributed by atoms with E-state index < -0.39 is 0 Å². The Morgan fingerprint density at radius 2 is 2.22 bits per heavy atom. The Bertz CT molecular complexity index is 810. The molecule has 0 unspecified atom stereocenters.